The summed E-state index contributed by atoms with van der Waals surface area (Å²) in [6.07, 6.45) is 20.2. The molecule has 0 aromatic heterocycles. The average molecular weight is 1040 g/mol. The van der Waals surface area contributed by atoms with E-state index in [9.17, 15) is 46.4 Å². The first kappa shape index (κ1) is 70.6. The second-order valence-corrected chi connectivity index (χ2v) is 19.3. The zero-order chi connectivity index (χ0) is 52.5. The van der Waals surface area contributed by atoms with Crippen LogP contribution in [-0.2, 0) is 42.2 Å². The van der Waals surface area contributed by atoms with E-state index >= 15 is 0 Å². The minimum Gasteiger partial charge on any atom is -0.394 e. The largest absolute Gasteiger partial charge is 2.00 e. The van der Waals surface area contributed by atoms with E-state index in [1.165, 1.54) is 88.2 Å². The molecule has 0 fully saturated rings. The monoisotopic (exact) mass is 1040 g/mol. The number of rotatable bonds is 37. The van der Waals surface area contributed by atoms with Crippen LogP contribution >= 0.6 is 0 Å². The second kappa shape index (κ2) is 46.1. The van der Waals surface area contributed by atoms with Gasteiger partial charge in [0.15, 0.2) is 0 Å². The zero-order valence-corrected chi connectivity index (χ0v) is 46.3. The maximum atomic E-state index is 11.0. The summed E-state index contributed by atoms with van der Waals surface area (Å²) >= 11 is 0. The normalized spacial score (nSPS) is 13.9. The standard InChI is InChI=1S/C42H64N2O8.2C9H19.Ni/c1-5-9-13-28-17-29(14-10-6-2)20-33(19-28)40(35(16-12-8-4)32(25-44-43)15-11-7-3)34-21-30(23-36(47)41(51)38(49)26-45)18-31(22-34)24-37(48)42(52)39(50)27-46;2*1-3-5-7-9-8-6-4-2;/h17-22,36-39,41-42,45-52H,5-16,23-24,26-27H2,1-4H3;2*1,3-9H2,2H3;/q;2*-1;+2. The molecule has 0 heterocycles. The molecule has 0 amide bonds. The molecule has 0 aliphatic rings. The number of allylic oxidation sites excluding steroid dienone is 2. The Morgan fingerprint density at radius 2 is 0.831 bits per heavy atom. The Morgan fingerprint density at radius 1 is 0.479 bits per heavy atom. The first-order chi connectivity index (χ1) is 33.8. The third-order valence-electron chi connectivity index (χ3n) is 12.8. The Kier molecular flexibility index (Phi) is 45.8. The zero-order valence-electron chi connectivity index (χ0n) is 45.3. The summed E-state index contributed by atoms with van der Waals surface area (Å²) in [5.74, 6) is 2.90. The first-order valence-corrected chi connectivity index (χ1v) is 27.6. The second-order valence-electron chi connectivity index (χ2n) is 19.3. The summed E-state index contributed by atoms with van der Waals surface area (Å²) in [6.45, 7) is 19.2. The fourth-order valence-corrected chi connectivity index (χ4v) is 8.45. The number of unbranched alkanes of at least 4 members (excludes halogenated alkanes) is 16. The van der Waals surface area contributed by atoms with E-state index in [0.717, 1.165) is 105 Å². The molecular formula is C60H102N2NiO8. The van der Waals surface area contributed by atoms with Gasteiger partial charge in [-0.1, -0.05) is 181 Å². The molecule has 0 aliphatic heterocycles. The van der Waals surface area contributed by atoms with Crippen LogP contribution in [0.3, 0.4) is 0 Å². The average Bonchev–Trinajstić information content (AvgIpc) is 3.36. The number of aryl methyl sites for hydroxylation is 2. The molecular weight excluding hydrogens is 935 g/mol. The van der Waals surface area contributed by atoms with E-state index in [-0.39, 0.29) is 29.3 Å². The van der Waals surface area contributed by atoms with Gasteiger partial charge < -0.3 is 60.2 Å². The van der Waals surface area contributed by atoms with Gasteiger partial charge >= 0.3 is 22.4 Å². The topological polar surface area (TPSA) is 198 Å². The molecule has 6 atom stereocenters. The van der Waals surface area contributed by atoms with Crippen molar-refractivity contribution in [2.45, 2.75) is 258 Å². The predicted molar refractivity (Wildman–Crippen MR) is 292 cm³/mol. The van der Waals surface area contributed by atoms with Crippen LogP contribution in [0.2, 0.25) is 0 Å². The number of hydrogen-bond acceptors (Lipinski definition) is 8. The van der Waals surface area contributed by atoms with E-state index in [2.05, 4.69) is 84.2 Å². The molecule has 2 aromatic rings. The molecule has 0 aliphatic carbocycles. The summed E-state index contributed by atoms with van der Waals surface area (Å²) in [7, 11) is 0. The molecule has 10 nitrogen and oxygen atoms in total. The molecule has 0 spiro atoms. The molecule has 6 unspecified atom stereocenters. The summed E-state index contributed by atoms with van der Waals surface area (Å²) in [6, 6.07) is 12.2. The number of aliphatic hydroxyl groups excluding tert-OH is 8. The van der Waals surface area contributed by atoms with Crippen LogP contribution in [0.4, 0.5) is 0 Å². The van der Waals surface area contributed by atoms with Crippen molar-refractivity contribution in [2.24, 2.45) is 0 Å². The minimum atomic E-state index is -1.62. The summed E-state index contributed by atoms with van der Waals surface area (Å²) in [5, 5.41) is 82.0. The molecule has 2 rings (SSSR count). The van der Waals surface area contributed by atoms with Gasteiger partial charge in [-0.3, -0.25) is 0 Å². The Morgan fingerprint density at radius 3 is 1.20 bits per heavy atom. The van der Waals surface area contributed by atoms with Crippen LogP contribution in [0.5, 0.6) is 0 Å². The molecule has 0 radical (unpaired) electrons. The van der Waals surface area contributed by atoms with Crippen LogP contribution in [0.1, 0.15) is 229 Å². The Hall–Kier alpha value is -2.49. The SMILES string of the molecule is CCCCC(=C=[N+]=[N-])C(CCCC)=C(c1cc(CCCC)cc(CCCC)c1)c1cc(CC(O)C(O)C(O)CO)cc(CC(O)C(O)C(O)CO)c1.[CH2-]CCCCCCCC.[CH2-]CCCCCCCC.[Ni+2]. The Balaban J connectivity index is 0. The van der Waals surface area contributed by atoms with Crippen molar-refractivity contribution in [3.05, 3.63) is 100 Å². The Labute approximate surface area is 443 Å². The Bertz CT molecular complexity index is 1630. The van der Waals surface area contributed by atoms with E-state index in [4.69, 9.17) is 0 Å². The van der Waals surface area contributed by atoms with Crippen LogP contribution in [-0.4, -0.2) is 101 Å². The van der Waals surface area contributed by atoms with Crippen molar-refractivity contribution in [2.75, 3.05) is 13.2 Å². The van der Waals surface area contributed by atoms with Crippen molar-refractivity contribution in [3.63, 3.8) is 0 Å². The quantitative estimate of drug-likeness (QED) is 0.00622. The number of aliphatic hydroxyl groups is 8. The van der Waals surface area contributed by atoms with Crippen molar-refractivity contribution < 1.29 is 62.1 Å². The van der Waals surface area contributed by atoms with Gasteiger partial charge in [0, 0.05) is 12.8 Å². The van der Waals surface area contributed by atoms with Gasteiger partial charge in [0.1, 0.15) is 24.4 Å². The van der Waals surface area contributed by atoms with Gasteiger partial charge in [0.05, 0.1) is 31.0 Å². The number of nitrogens with zero attached hydrogens (tertiary/aromatic N) is 2. The van der Waals surface area contributed by atoms with Gasteiger partial charge in [-0.2, -0.15) is 12.8 Å². The van der Waals surface area contributed by atoms with E-state index in [1.807, 2.05) is 12.1 Å². The molecule has 0 saturated carbocycles. The van der Waals surface area contributed by atoms with Crippen molar-refractivity contribution in [1.82, 2.24) is 0 Å². The molecule has 410 valence electrons. The number of hydrogen-bond donors (Lipinski definition) is 8. The van der Waals surface area contributed by atoms with Crippen molar-refractivity contribution in [1.29, 1.82) is 0 Å². The third-order valence-corrected chi connectivity index (χ3v) is 12.8. The van der Waals surface area contributed by atoms with E-state index in [0.29, 0.717) is 24.0 Å². The molecule has 8 N–H and O–H groups in total. The van der Waals surface area contributed by atoms with Crippen LogP contribution in [0.25, 0.3) is 11.1 Å². The first-order valence-electron chi connectivity index (χ1n) is 27.6. The van der Waals surface area contributed by atoms with Gasteiger partial charge in [-0.15, -0.1) is 4.79 Å². The van der Waals surface area contributed by atoms with Gasteiger partial charge in [0.25, 0.3) is 0 Å². The summed E-state index contributed by atoms with van der Waals surface area (Å²) in [5.41, 5.74) is 17.7. The maximum Gasteiger partial charge on any atom is 2.00 e. The van der Waals surface area contributed by atoms with Crippen LogP contribution in [0.15, 0.2) is 47.5 Å². The summed E-state index contributed by atoms with van der Waals surface area (Å²) < 4.78 is 0. The molecule has 0 saturated heterocycles. The van der Waals surface area contributed by atoms with Gasteiger partial charge in [0.2, 0.25) is 0 Å². The maximum absolute atomic E-state index is 11.0. The molecule has 0 bridgehead atoms. The van der Waals surface area contributed by atoms with Gasteiger partial charge in [-0.25, -0.2) is 0 Å². The summed E-state index contributed by atoms with van der Waals surface area (Å²) in [4.78, 5) is 3.37. The fourth-order valence-electron chi connectivity index (χ4n) is 8.45. The number of benzene rings is 2. The molecule has 71 heavy (non-hydrogen) atoms. The predicted octanol–water partition coefficient (Wildman–Crippen LogP) is 11.8. The van der Waals surface area contributed by atoms with E-state index < -0.39 is 49.8 Å². The van der Waals surface area contributed by atoms with E-state index in [1.54, 1.807) is 6.07 Å². The molecule has 11 heteroatoms. The van der Waals surface area contributed by atoms with Gasteiger partial charge in [-0.05, 0) is 95.9 Å². The molecule has 2 aromatic carbocycles. The van der Waals surface area contributed by atoms with Crippen molar-refractivity contribution >= 4 is 11.4 Å². The van der Waals surface area contributed by atoms with Crippen LogP contribution < -0.4 is 0 Å². The smallest absolute Gasteiger partial charge is 0.394 e. The van der Waals surface area contributed by atoms with Crippen LogP contribution in [0, 0.1) is 13.8 Å². The minimum absolute atomic E-state index is 0. The fraction of sp³-hybridized carbons (Fsp3) is 0.700. The third kappa shape index (κ3) is 31.1. The van der Waals surface area contributed by atoms with Crippen molar-refractivity contribution in [3.8, 4) is 0 Å².